The van der Waals surface area contributed by atoms with Gasteiger partial charge in [0.1, 0.15) is 0 Å². The van der Waals surface area contributed by atoms with Crippen molar-refractivity contribution in [3.63, 3.8) is 0 Å². The number of hydrogen-bond acceptors (Lipinski definition) is 2. The van der Waals surface area contributed by atoms with Crippen LogP contribution >= 0.6 is 0 Å². The van der Waals surface area contributed by atoms with E-state index in [1.165, 1.54) is 76.7 Å². The largest absolute Gasteiger partial charge is 0.370 e. The summed E-state index contributed by atoms with van der Waals surface area (Å²) in [6, 6.07) is 7.24. The standard InChI is InChI=1S/C18H26N2/c1-2-10-18(9-1)14-20(12-4-11-19-18)17-8-7-15-5-3-6-16(15)13-17/h7-8,13,19H,1-6,9-12,14H2. The summed E-state index contributed by atoms with van der Waals surface area (Å²) in [5.41, 5.74) is 5.09. The maximum atomic E-state index is 3.87. The molecule has 3 aliphatic rings. The van der Waals surface area contributed by atoms with Gasteiger partial charge in [-0.2, -0.15) is 0 Å². The average molecular weight is 270 g/mol. The molecule has 2 aliphatic carbocycles. The lowest BCUT2D eigenvalue weighted by atomic mass is 9.96. The first-order chi connectivity index (χ1) is 9.85. The zero-order valence-electron chi connectivity index (χ0n) is 12.5. The molecule has 1 N–H and O–H groups in total. The maximum absolute atomic E-state index is 3.87. The summed E-state index contributed by atoms with van der Waals surface area (Å²) in [4.78, 5) is 2.66. The lowest BCUT2D eigenvalue weighted by Crippen LogP contribution is -2.49. The monoisotopic (exact) mass is 270 g/mol. The highest BCUT2D eigenvalue weighted by Crippen LogP contribution is 2.34. The Labute approximate surface area is 122 Å². The first-order valence-corrected chi connectivity index (χ1v) is 8.47. The van der Waals surface area contributed by atoms with E-state index in [1.807, 2.05) is 0 Å². The van der Waals surface area contributed by atoms with Crippen LogP contribution < -0.4 is 10.2 Å². The van der Waals surface area contributed by atoms with E-state index in [0.29, 0.717) is 5.54 Å². The Morgan fingerprint density at radius 1 is 0.950 bits per heavy atom. The Morgan fingerprint density at radius 3 is 2.70 bits per heavy atom. The molecule has 0 unspecified atom stereocenters. The third-order valence-corrected chi connectivity index (χ3v) is 5.61. The van der Waals surface area contributed by atoms with Crippen molar-refractivity contribution in [1.82, 2.24) is 5.32 Å². The molecule has 0 atom stereocenters. The van der Waals surface area contributed by atoms with Gasteiger partial charge in [0.15, 0.2) is 0 Å². The minimum Gasteiger partial charge on any atom is -0.370 e. The number of aryl methyl sites for hydroxylation is 2. The van der Waals surface area contributed by atoms with Gasteiger partial charge in [0.25, 0.3) is 0 Å². The zero-order chi connectivity index (χ0) is 13.4. The molecule has 1 spiro atoms. The topological polar surface area (TPSA) is 15.3 Å². The minimum absolute atomic E-state index is 0.412. The highest BCUT2D eigenvalue weighted by Gasteiger charge is 2.36. The third kappa shape index (κ3) is 2.24. The first-order valence-electron chi connectivity index (χ1n) is 8.47. The molecule has 4 rings (SSSR count). The van der Waals surface area contributed by atoms with Crippen molar-refractivity contribution in [3.05, 3.63) is 29.3 Å². The van der Waals surface area contributed by atoms with E-state index in [9.17, 15) is 0 Å². The van der Waals surface area contributed by atoms with Crippen molar-refractivity contribution in [2.45, 2.75) is 56.9 Å². The number of anilines is 1. The van der Waals surface area contributed by atoms with E-state index >= 15 is 0 Å². The smallest absolute Gasteiger partial charge is 0.0369 e. The van der Waals surface area contributed by atoms with Gasteiger partial charge >= 0.3 is 0 Å². The van der Waals surface area contributed by atoms with Gasteiger partial charge in [-0.25, -0.2) is 0 Å². The van der Waals surface area contributed by atoms with Crippen LogP contribution in [0.5, 0.6) is 0 Å². The van der Waals surface area contributed by atoms with Crippen molar-refractivity contribution in [2.24, 2.45) is 0 Å². The molecule has 2 nitrogen and oxygen atoms in total. The van der Waals surface area contributed by atoms with Crippen LogP contribution in [-0.2, 0) is 12.8 Å². The second-order valence-corrected chi connectivity index (χ2v) is 7.00. The summed E-state index contributed by atoms with van der Waals surface area (Å²) in [5, 5.41) is 3.87. The van der Waals surface area contributed by atoms with Crippen LogP contribution in [0.25, 0.3) is 0 Å². The molecule has 1 heterocycles. The molecule has 1 aromatic rings. The molecule has 2 heteroatoms. The van der Waals surface area contributed by atoms with Crippen LogP contribution in [0.4, 0.5) is 5.69 Å². The molecule has 2 fully saturated rings. The first kappa shape index (κ1) is 12.7. The van der Waals surface area contributed by atoms with Crippen molar-refractivity contribution >= 4 is 5.69 Å². The van der Waals surface area contributed by atoms with Crippen LogP contribution in [0.3, 0.4) is 0 Å². The highest BCUT2D eigenvalue weighted by molar-refractivity contribution is 5.53. The van der Waals surface area contributed by atoms with Gasteiger partial charge in [0.05, 0.1) is 0 Å². The van der Waals surface area contributed by atoms with E-state index < -0.39 is 0 Å². The van der Waals surface area contributed by atoms with Crippen LogP contribution in [0.1, 0.15) is 49.7 Å². The molecule has 0 amide bonds. The van der Waals surface area contributed by atoms with E-state index in [4.69, 9.17) is 0 Å². The number of nitrogens with zero attached hydrogens (tertiary/aromatic N) is 1. The van der Waals surface area contributed by atoms with Crippen LogP contribution in [-0.4, -0.2) is 25.2 Å². The van der Waals surface area contributed by atoms with E-state index in [1.54, 1.807) is 11.1 Å². The van der Waals surface area contributed by atoms with Crippen LogP contribution in [0, 0.1) is 0 Å². The quantitative estimate of drug-likeness (QED) is 0.842. The predicted molar refractivity (Wildman–Crippen MR) is 84.5 cm³/mol. The molecular formula is C18H26N2. The Morgan fingerprint density at radius 2 is 1.80 bits per heavy atom. The summed E-state index contributed by atoms with van der Waals surface area (Å²) in [7, 11) is 0. The van der Waals surface area contributed by atoms with Gasteiger partial charge in [-0.3, -0.25) is 0 Å². The van der Waals surface area contributed by atoms with Gasteiger partial charge < -0.3 is 10.2 Å². The molecule has 108 valence electrons. The zero-order valence-corrected chi connectivity index (χ0v) is 12.5. The molecule has 1 saturated carbocycles. The molecule has 1 saturated heterocycles. The Balaban J connectivity index is 1.60. The molecule has 1 aliphatic heterocycles. The number of rotatable bonds is 1. The molecule has 0 radical (unpaired) electrons. The van der Waals surface area contributed by atoms with Crippen LogP contribution in [0.2, 0.25) is 0 Å². The second-order valence-electron chi connectivity index (χ2n) is 7.00. The van der Waals surface area contributed by atoms with Crippen molar-refractivity contribution in [3.8, 4) is 0 Å². The van der Waals surface area contributed by atoms with E-state index in [0.717, 1.165) is 0 Å². The molecule has 0 aromatic heterocycles. The summed E-state index contributed by atoms with van der Waals surface area (Å²) >= 11 is 0. The van der Waals surface area contributed by atoms with Crippen molar-refractivity contribution in [2.75, 3.05) is 24.5 Å². The summed E-state index contributed by atoms with van der Waals surface area (Å²) in [6.45, 7) is 3.63. The van der Waals surface area contributed by atoms with Gasteiger partial charge in [-0.1, -0.05) is 18.9 Å². The Kier molecular flexibility index (Phi) is 3.22. The van der Waals surface area contributed by atoms with Crippen LogP contribution in [0.15, 0.2) is 18.2 Å². The average Bonchev–Trinajstić information content (AvgIpc) is 3.05. The van der Waals surface area contributed by atoms with Crippen molar-refractivity contribution in [1.29, 1.82) is 0 Å². The van der Waals surface area contributed by atoms with Gasteiger partial charge in [0, 0.05) is 24.3 Å². The molecule has 20 heavy (non-hydrogen) atoms. The maximum Gasteiger partial charge on any atom is 0.0369 e. The number of nitrogens with one attached hydrogen (secondary N) is 1. The highest BCUT2D eigenvalue weighted by atomic mass is 15.2. The minimum atomic E-state index is 0.412. The lowest BCUT2D eigenvalue weighted by Gasteiger charge is -2.34. The Bertz CT molecular complexity index is 488. The number of hydrogen-bond donors (Lipinski definition) is 1. The van der Waals surface area contributed by atoms with E-state index in [-0.39, 0.29) is 0 Å². The fourth-order valence-corrected chi connectivity index (χ4v) is 4.49. The fourth-order valence-electron chi connectivity index (χ4n) is 4.49. The van der Waals surface area contributed by atoms with Crippen molar-refractivity contribution < 1.29 is 0 Å². The predicted octanol–water partition coefficient (Wildman–Crippen LogP) is 3.29. The molecule has 1 aromatic carbocycles. The fraction of sp³-hybridized carbons (Fsp3) is 0.667. The van der Waals surface area contributed by atoms with Gasteiger partial charge in [0.2, 0.25) is 0 Å². The number of benzene rings is 1. The van der Waals surface area contributed by atoms with Gasteiger partial charge in [-0.05, 0) is 68.3 Å². The molecule has 0 bridgehead atoms. The van der Waals surface area contributed by atoms with Gasteiger partial charge in [-0.15, -0.1) is 0 Å². The summed E-state index contributed by atoms with van der Waals surface area (Å²) in [6.07, 6.45) is 10.8. The summed E-state index contributed by atoms with van der Waals surface area (Å²) < 4.78 is 0. The SMILES string of the molecule is c1cc2c(cc1N1CCCNC3(CCCC3)C1)CCC2. The third-order valence-electron chi connectivity index (χ3n) is 5.61. The normalized spacial score (nSPS) is 24.9. The second kappa shape index (κ2) is 5.07. The van der Waals surface area contributed by atoms with E-state index in [2.05, 4.69) is 28.4 Å². The Hall–Kier alpha value is -1.02. The number of fused-ring (bicyclic) bond motifs is 1. The molecular weight excluding hydrogens is 244 g/mol. The summed E-state index contributed by atoms with van der Waals surface area (Å²) in [5.74, 6) is 0. The lowest BCUT2D eigenvalue weighted by molar-refractivity contribution is 0.354.